The van der Waals surface area contributed by atoms with E-state index in [1.807, 2.05) is 42.5 Å². The van der Waals surface area contributed by atoms with Gasteiger partial charge in [-0.2, -0.15) is 0 Å². The van der Waals surface area contributed by atoms with Crippen molar-refractivity contribution < 1.29 is 9.18 Å². The number of hydrogen-bond acceptors (Lipinski definition) is 4. The number of amides is 1. The summed E-state index contributed by atoms with van der Waals surface area (Å²) in [6, 6.07) is 17.8. The lowest BCUT2D eigenvalue weighted by Crippen LogP contribution is -2.12. The lowest BCUT2D eigenvalue weighted by atomic mass is 10.0. The monoisotopic (exact) mass is 374 g/mol. The highest BCUT2D eigenvalue weighted by atomic mass is 19.1. The second kappa shape index (κ2) is 8.00. The van der Waals surface area contributed by atoms with Gasteiger partial charge in [0.15, 0.2) is 0 Å². The molecule has 0 saturated carbocycles. The van der Waals surface area contributed by atoms with Gasteiger partial charge in [-0.05, 0) is 60.2 Å². The molecule has 4 rings (SSSR count). The molecule has 0 saturated heterocycles. The molecule has 1 unspecified atom stereocenters. The summed E-state index contributed by atoms with van der Waals surface area (Å²) in [7, 11) is 0. The van der Waals surface area contributed by atoms with Crippen molar-refractivity contribution in [1.29, 1.82) is 0 Å². The third-order valence-corrected chi connectivity index (χ3v) is 4.57. The number of benzene rings is 2. The summed E-state index contributed by atoms with van der Waals surface area (Å²) in [4.78, 5) is 20.8. The van der Waals surface area contributed by atoms with Crippen molar-refractivity contribution in [3.05, 3.63) is 83.9 Å². The van der Waals surface area contributed by atoms with Gasteiger partial charge < -0.3 is 10.6 Å². The van der Waals surface area contributed by atoms with Gasteiger partial charge in [0.1, 0.15) is 11.7 Å². The van der Waals surface area contributed by atoms with Crippen molar-refractivity contribution in [2.75, 3.05) is 17.2 Å². The van der Waals surface area contributed by atoms with Crippen LogP contribution in [0.5, 0.6) is 0 Å². The molecule has 140 valence electrons. The summed E-state index contributed by atoms with van der Waals surface area (Å²) >= 11 is 0. The molecule has 0 aliphatic carbocycles. The number of pyridine rings is 1. The normalized spacial score (nSPS) is 15.5. The van der Waals surface area contributed by atoms with Crippen LogP contribution in [0.25, 0.3) is 0 Å². The first kappa shape index (κ1) is 17.9. The Hall–Kier alpha value is -3.54. The fourth-order valence-corrected chi connectivity index (χ4v) is 3.11. The van der Waals surface area contributed by atoms with Crippen molar-refractivity contribution in [3.8, 4) is 0 Å². The molecule has 0 spiro atoms. The number of nitrogens with one attached hydrogen (secondary N) is 2. The Morgan fingerprint density at radius 2 is 2.00 bits per heavy atom. The van der Waals surface area contributed by atoms with Crippen LogP contribution in [0.4, 0.5) is 21.5 Å². The molecule has 0 radical (unpaired) electrons. The second-order valence-electron chi connectivity index (χ2n) is 6.52. The van der Waals surface area contributed by atoms with E-state index in [4.69, 9.17) is 0 Å². The quantitative estimate of drug-likeness (QED) is 0.632. The molecule has 2 N–H and O–H groups in total. The van der Waals surface area contributed by atoms with Gasteiger partial charge in [-0.1, -0.05) is 6.07 Å². The van der Waals surface area contributed by atoms with Gasteiger partial charge >= 0.3 is 0 Å². The van der Waals surface area contributed by atoms with Gasteiger partial charge in [0.2, 0.25) is 5.91 Å². The third-order valence-electron chi connectivity index (χ3n) is 4.57. The minimum absolute atomic E-state index is 0.197. The molecule has 2 heterocycles. The zero-order valence-electron chi connectivity index (χ0n) is 15.1. The molecule has 1 aliphatic heterocycles. The smallest absolute Gasteiger partial charge is 0.237 e. The number of fused-ring (bicyclic) bond motifs is 1. The van der Waals surface area contributed by atoms with Crippen LogP contribution in [-0.2, 0) is 11.2 Å². The van der Waals surface area contributed by atoms with E-state index in [0.29, 0.717) is 11.3 Å². The lowest BCUT2D eigenvalue weighted by molar-refractivity contribution is -0.115. The van der Waals surface area contributed by atoms with Crippen LogP contribution in [0.15, 0.2) is 71.9 Å². The topological polar surface area (TPSA) is 66.4 Å². The number of hydrogen-bond donors (Lipinski definition) is 2. The Morgan fingerprint density at radius 3 is 2.79 bits per heavy atom. The van der Waals surface area contributed by atoms with Gasteiger partial charge in [0.25, 0.3) is 0 Å². The molecular weight excluding hydrogens is 355 g/mol. The predicted molar refractivity (Wildman–Crippen MR) is 109 cm³/mol. The highest BCUT2D eigenvalue weighted by Crippen LogP contribution is 2.32. The molecule has 1 aliphatic rings. The molecule has 28 heavy (non-hydrogen) atoms. The van der Waals surface area contributed by atoms with E-state index in [1.54, 1.807) is 18.5 Å². The Bertz CT molecular complexity index is 1000. The zero-order chi connectivity index (χ0) is 19.3. The summed E-state index contributed by atoms with van der Waals surface area (Å²) < 4.78 is 13.5. The number of carbonyl (C=O) groups excluding carboxylic acids is 1. The first-order valence-electron chi connectivity index (χ1n) is 9.07. The number of rotatable bonds is 6. The van der Waals surface area contributed by atoms with E-state index in [0.717, 1.165) is 30.0 Å². The Morgan fingerprint density at radius 1 is 1.14 bits per heavy atom. The summed E-state index contributed by atoms with van der Waals surface area (Å²) in [6.07, 6.45) is 4.19. The van der Waals surface area contributed by atoms with Gasteiger partial charge in [-0.3, -0.25) is 14.8 Å². The van der Waals surface area contributed by atoms with Crippen LogP contribution in [-0.4, -0.2) is 23.7 Å². The average Bonchev–Trinajstić information content (AvgIpc) is 3.02. The van der Waals surface area contributed by atoms with E-state index < -0.39 is 5.92 Å². The molecule has 3 aromatic rings. The van der Waals surface area contributed by atoms with Crippen molar-refractivity contribution in [2.45, 2.75) is 12.3 Å². The molecule has 1 aromatic heterocycles. The average molecular weight is 374 g/mol. The standard InChI is InChI=1S/C22H19FN4O/c23-15-4-9-21-19(13-15)20(22(28)27-21)14-26-18-7-5-17(6-8-18)25-12-10-16-3-1-2-11-24-16/h1-9,11,13-14,20,25H,10,12H2,(H,27,28). The Balaban J connectivity index is 1.37. The fourth-order valence-electron chi connectivity index (χ4n) is 3.11. The molecule has 5 nitrogen and oxygen atoms in total. The van der Waals surface area contributed by atoms with E-state index in [1.165, 1.54) is 12.1 Å². The largest absolute Gasteiger partial charge is 0.385 e. The van der Waals surface area contributed by atoms with Crippen molar-refractivity contribution >= 4 is 29.2 Å². The molecule has 0 bridgehead atoms. The van der Waals surface area contributed by atoms with E-state index >= 15 is 0 Å². The van der Waals surface area contributed by atoms with Crippen molar-refractivity contribution in [1.82, 2.24) is 4.98 Å². The Kier molecular flexibility index (Phi) is 5.10. The first-order valence-corrected chi connectivity index (χ1v) is 9.07. The highest BCUT2D eigenvalue weighted by Gasteiger charge is 2.29. The van der Waals surface area contributed by atoms with Gasteiger partial charge in [-0.25, -0.2) is 4.39 Å². The van der Waals surface area contributed by atoms with E-state index in [2.05, 4.69) is 20.6 Å². The number of aromatic nitrogens is 1. The molecule has 1 amide bonds. The third kappa shape index (κ3) is 4.06. The van der Waals surface area contributed by atoms with Crippen LogP contribution in [0.1, 0.15) is 17.2 Å². The molecular formula is C22H19FN4O. The number of carbonyl (C=O) groups is 1. The summed E-state index contributed by atoms with van der Waals surface area (Å²) in [5, 5.41) is 6.09. The van der Waals surface area contributed by atoms with E-state index in [9.17, 15) is 9.18 Å². The molecule has 1 atom stereocenters. The van der Waals surface area contributed by atoms with Crippen LogP contribution < -0.4 is 10.6 Å². The minimum Gasteiger partial charge on any atom is -0.385 e. The predicted octanol–water partition coefficient (Wildman–Crippen LogP) is 4.31. The van der Waals surface area contributed by atoms with Crippen LogP contribution in [0, 0.1) is 5.82 Å². The fraction of sp³-hybridized carbons (Fsp3) is 0.136. The van der Waals surface area contributed by atoms with Crippen LogP contribution in [0.3, 0.4) is 0 Å². The molecule has 0 fully saturated rings. The summed E-state index contributed by atoms with van der Waals surface area (Å²) in [6.45, 7) is 0.782. The maximum atomic E-state index is 13.5. The van der Waals surface area contributed by atoms with Crippen LogP contribution >= 0.6 is 0 Å². The number of nitrogens with zero attached hydrogens (tertiary/aromatic N) is 2. The lowest BCUT2D eigenvalue weighted by Gasteiger charge is -2.06. The number of aliphatic imine (C=N–C) groups is 1. The van der Waals surface area contributed by atoms with Gasteiger partial charge in [-0.15, -0.1) is 0 Å². The van der Waals surface area contributed by atoms with Crippen LogP contribution in [0.2, 0.25) is 0 Å². The maximum absolute atomic E-state index is 13.5. The van der Waals surface area contributed by atoms with Crippen molar-refractivity contribution in [3.63, 3.8) is 0 Å². The van der Waals surface area contributed by atoms with Gasteiger partial charge in [0.05, 0.1) is 5.69 Å². The maximum Gasteiger partial charge on any atom is 0.237 e. The first-order chi connectivity index (χ1) is 13.7. The second-order valence-corrected chi connectivity index (χ2v) is 6.52. The Labute approximate surface area is 162 Å². The molecule has 2 aromatic carbocycles. The number of halogens is 1. The SMILES string of the molecule is O=C1Nc2ccc(F)cc2C1C=Nc1ccc(NCCc2ccccn2)cc1. The summed E-state index contributed by atoms with van der Waals surface area (Å²) in [5.41, 5.74) is 4.01. The zero-order valence-corrected chi connectivity index (χ0v) is 15.1. The molecule has 6 heteroatoms. The highest BCUT2D eigenvalue weighted by molar-refractivity contribution is 6.12. The minimum atomic E-state index is -0.582. The van der Waals surface area contributed by atoms with Crippen molar-refractivity contribution in [2.24, 2.45) is 4.99 Å². The van der Waals surface area contributed by atoms with E-state index in [-0.39, 0.29) is 11.7 Å². The summed E-state index contributed by atoms with van der Waals surface area (Å²) in [5.74, 6) is -1.14. The number of anilines is 2. The van der Waals surface area contributed by atoms with Gasteiger partial charge in [0, 0.05) is 42.4 Å².